The normalized spacial score (nSPS) is 11.3. The van der Waals surface area contributed by atoms with Gasteiger partial charge in [-0.3, -0.25) is 9.48 Å². The molecular formula is C19H18F4N6O. The lowest BCUT2D eigenvalue weighted by molar-refractivity contribution is -0.137. The van der Waals surface area contributed by atoms with E-state index in [0.29, 0.717) is 17.6 Å². The summed E-state index contributed by atoms with van der Waals surface area (Å²) < 4.78 is 56.5. The lowest BCUT2D eigenvalue weighted by atomic mass is 10.1. The van der Waals surface area contributed by atoms with E-state index in [9.17, 15) is 22.4 Å². The third-order valence-electron chi connectivity index (χ3n) is 4.23. The van der Waals surface area contributed by atoms with E-state index in [1.54, 1.807) is 20.2 Å². The fourth-order valence-electron chi connectivity index (χ4n) is 2.82. The summed E-state index contributed by atoms with van der Waals surface area (Å²) in [5.41, 5.74) is -0.923. The number of aryl methyl sites for hydroxylation is 2. The number of amides is 1. The molecule has 0 aliphatic carbocycles. The van der Waals surface area contributed by atoms with Gasteiger partial charge in [-0.25, -0.2) is 9.37 Å². The number of alkyl halides is 3. The summed E-state index contributed by atoms with van der Waals surface area (Å²) in [6, 6.07) is 4.73. The molecule has 0 aliphatic rings. The SMILES string of the molecule is CNC(=O)c1cccc(F)c1Nc1cc(Nc2cn(C)nc2C)ncc1C(F)(F)F. The first-order valence-corrected chi connectivity index (χ1v) is 8.72. The molecule has 0 radical (unpaired) electrons. The van der Waals surface area contributed by atoms with E-state index in [-0.39, 0.29) is 17.1 Å². The molecule has 2 aromatic heterocycles. The molecule has 7 nitrogen and oxygen atoms in total. The number of anilines is 4. The number of hydrogen-bond donors (Lipinski definition) is 3. The van der Waals surface area contributed by atoms with E-state index in [4.69, 9.17) is 0 Å². The fraction of sp³-hybridized carbons (Fsp3) is 0.211. The fourth-order valence-corrected chi connectivity index (χ4v) is 2.82. The molecule has 3 aromatic rings. The first-order chi connectivity index (χ1) is 14.1. The third-order valence-corrected chi connectivity index (χ3v) is 4.23. The van der Waals surface area contributed by atoms with Gasteiger partial charge < -0.3 is 16.0 Å². The Balaban J connectivity index is 2.07. The molecule has 0 atom stereocenters. The summed E-state index contributed by atoms with van der Waals surface area (Å²) in [6.07, 6.45) is -2.48. The Bertz CT molecular complexity index is 1090. The molecule has 3 N–H and O–H groups in total. The van der Waals surface area contributed by atoms with Crippen molar-refractivity contribution >= 4 is 28.8 Å². The lowest BCUT2D eigenvalue weighted by Gasteiger charge is -2.18. The van der Waals surface area contributed by atoms with Gasteiger partial charge in [0, 0.05) is 32.6 Å². The third kappa shape index (κ3) is 4.34. The molecule has 0 bridgehead atoms. The second kappa shape index (κ2) is 8.01. The Morgan fingerprint density at radius 2 is 1.90 bits per heavy atom. The van der Waals surface area contributed by atoms with Crippen LogP contribution in [0, 0.1) is 12.7 Å². The summed E-state index contributed by atoms with van der Waals surface area (Å²) in [7, 11) is 3.03. The maximum Gasteiger partial charge on any atom is 0.419 e. The van der Waals surface area contributed by atoms with Crippen LogP contribution < -0.4 is 16.0 Å². The van der Waals surface area contributed by atoms with Crippen LogP contribution in [0.4, 0.5) is 40.4 Å². The zero-order chi connectivity index (χ0) is 22.1. The zero-order valence-corrected chi connectivity index (χ0v) is 16.2. The average molecular weight is 422 g/mol. The van der Waals surface area contributed by atoms with E-state index < -0.39 is 29.2 Å². The molecule has 0 saturated carbocycles. The molecule has 1 amide bonds. The zero-order valence-electron chi connectivity index (χ0n) is 16.2. The van der Waals surface area contributed by atoms with E-state index in [1.165, 1.54) is 23.9 Å². The molecule has 3 rings (SSSR count). The first kappa shape index (κ1) is 21.1. The molecule has 0 saturated heterocycles. The van der Waals surface area contributed by atoms with Gasteiger partial charge in [0.25, 0.3) is 5.91 Å². The van der Waals surface area contributed by atoms with Crippen molar-refractivity contribution in [1.29, 1.82) is 0 Å². The predicted molar refractivity (Wildman–Crippen MR) is 104 cm³/mol. The maximum atomic E-state index is 14.4. The van der Waals surface area contributed by atoms with Gasteiger partial charge in [-0.1, -0.05) is 6.07 Å². The highest BCUT2D eigenvalue weighted by atomic mass is 19.4. The Morgan fingerprint density at radius 1 is 1.17 bits per heavy atom. The number of aromatic nitrogens is 3. The minimum atomic E-state index is -4.75. The second-order valence-electron chi connectivity index (χ2n) is 6.41. The number of carbonyl (C=O) groups is 1. The largest absolute Gasteiger partial charge is 0.419 e. The number of benzene rings is 1. The van der Waals surface area contributed by atoms with E-state index >= 15 is 0 Å². The van der Waals surface area contributed by atoms with Crippen LogP contribution in [0.2, 0.25) is 0 Å². The molecule has 0 spiro atoms. The van der Waals surface area contributed by atoms with E-state index in [2.05, 4.69) is 26.0 Å². The molecule has 0 aliphatic heterocycles. The van der Waals surface area contributed by atoms with Crippen LogP contribution in [0.5, 0.6) is 0 Å². The van der Waals surface area contributed by atoms with E-state index in [0.717, 1.165) is 12.1 Å². The second-order valence-corrected chi connectivity index (χ2v) is 6.41. The number of pyridine rings is 1. The molecule has 0 unspecified atom stereocenters. The number of hydrogen-bond acceptors (Lipinski definition) is 5. The van der Waals surface area contributed by atoms with Crippen LogP contribution in [-0.2, 0) is 13.2 Å². The summed E-state index contributed by atoms with van der Waals surface area (Å²) in [5, 5.41) is 11.8. The molecule has 0 fully saturated rings. The highest BCUT2D eigenvalue weighted by Gasteiger charge is 2.35. The summed E-state index contributed by atoms with van der Waals surface area (Å²) in [4.78, 5) is 15.8. The molecule has 1 aromatic carbocycles. The minimum absolute atomic E-state index is 0.0828. The number of nitrogens with one attached hydrogen (secondary N) is 3. The molecule has 30 heavy (non-hydrogen) atoms. The molecule has 2 heterocycles. The van der Waals surface area contributed by atoms with Gasteiger partial charge in [0.1, 0.15) is 11.6 Å². The van der Waals surface area contributed by atoms with Crippen LogP contribution in [0.3, 0.4) is 0 Å². The quantitative estimate of drug-likeness (QED) is 0.539. The van der Waals surface area contributed by atoms with Crippen molar-refractivity contribution in [2.45, 2.75) is 13.1 Å². The standard InChI is InChI=1S/C19H18F4N6O/c1-10-15(9-29(3)28-10)26-16-7-14(12(8-25-16)19(21,22)23)27-17-11(18(30)24-2)5-4-6-13(17)20/h4-9H,1-3H3,(H,24,30)(H2,25,26,27). The van der Waals surface area contributed by atoms with Crippen LogP contribution >= 0.6 is 0 Å². The highest BCUT2D eigenvalue weighted by Crippen LogP contribution is 2.38. The Hall–Kier alpha value is -3.63. The van der Waals surface area contributed by atoms with Crippen molar-refractivity contribution in [2.75, 3.05) is 17.7 Å². The topological polar surface area (TPSA) is 83.9 Å². The number of rotatable bonds is 5. The summed E-state index contributed by atoms with van der Waals surface area (Å²) in [6.45, 7) is 1.72. The van der Waals surface area contributed by atoms with Gasteiger partial charge in [-0.2, -0.15) is 18.3 Å². The van der Waals surface area contributed by atoms with Crippen LogP contribution in [0.25, 0.3) is 0 Å². The van der Waals surface area contributed by atoms with Gasteiger partial charge in [-0.05, 0) is 19.1 Å². The van der Waals surface area contributed by atoms with Crippen LogP contribution in [-0.4, -0.2) is 27.7 Å². The summed E-state index contributed by atoms with van der Waals surface area (Å²) in [5.74, 6) is -1.44. The average Bonchev–Trinajstić information content (AvgIpc) is 2.98. The minimum Gasteiger partial charge on any atom is -0.355 e. The van der Waals surface area contributed by atoms with Crippen molar-refractivity contribution in [3.8, 4) is 0 Å². The van der Waals surface area contributed by atoms with Gasteiger partial charge in [0.15, 0.2) is 0 Å². The van der Waals surface area contributed by atoms with Crippen molar-refractivity contribution in [3.05, 3.63) is 59.3 Å². The predicted octanol–water partition coefficient (Wildman–Crippen LogP) is 4.13. The molecular weight excluding hydrogens is 404 g/mol. The van der Waals surface area contributed by atoms with Gasteiger partial charge >= 0.3 is 6.18 Å². The smallest absolute Gasteiger partial charge is 0.355 e. The van der Waals surface area contributed by atoms with Crippen molar-refractivity contribution in [2.24, 2.45) is 7.05 Å². The Kier molecular flexibility index (Phi) is 5.63. The number of carbonyl (C=O) groups excluding carboxylic acids is 1. The van der Waals surface area contributed by atoms with Crippen LogP contribution in [0.15, 0.2) is 36.7 Å². The first-order valence-electron chi connectivity index (χ1n) is 8.72. The number of para-hydroxylation sites is 1. The van der Waals surface area contributed by atoms with Gasteiger partial charge in [0.05, 0.1) is 33.9 Å². The van der Waals surface area contributed by atoms with Gasteiger partial charge in [0.2, 0.25) is 0 Å². The van der Waals surface area contributed by atoms with Crippen molar-refractivity contribution in [1.82, 2.24) is 20.1 Å². The van der Waals surface area contributed by atoms with Gasteiger partial charge in [-0.15, -0.1) is 0 Å². The lowest BCUT2D eigenvalue weighted by Crippen LogP contribution is -2.20. The molecule has 11 heteroatoms. The summed E-state index contributed by atoms with van der Waals surface area (Å²) >= 11 is 0. The van der Waals surface area contributed by atoms with Crippen molar-refractivity contribution < 1.29 is 22.4 Å². The van der Waals surface area contributed by atoms with Crippen LogP contribution in [0.1, 0.15) is 21.6 Å². The monoisotopic (exact) mass is 422 g/mol. The highest BCUT2D eigenvalue weighted by molar-refractivity contribution is 6.00. The molecule has 158 valence electrons. The van der Waals surface area contributed by atoms with Crippen molar-refractivity contribution in [3.63, 3.8) is 0 Å². The number of halogens is 4. The maximum absolute atomic E-state index is 14.4. The van der Waals surface area contributed by atoms with E-state index in [1.807, 2.05) is 0 Å². The number of nitrogens with zero attached hydrogens (tertiary/aromatic N) is 3. The Labute approximate surface area is 169 Å². The Morgan fingerprint density at radius 3 is 2.50 bits per heavy atom.